The zero-order chi connectivity index (χ0) is 9.73. The highest BCUT2D eigenvalue weighted by Gasteiger charge is 2.29. The number of esters is 1. The van der Waals surface area contributed by atoms with Crippen molar-refractivity contribution in [2.75, 3.05) is 20.2 Å². The van der Waals surface area contributed by atoms with Gasteiger partial charge in [0.25, 0.3) is 0 Å². The predicted octanol–water partition coefficient (Wildman–Crippen LogP) is 0.0205. The summed E-state index contributed by atoms with van der Waals surface area (Å²) in [5.74, 6) is -0.204. The molecule has 1 heterocycles. The molecule has 0 amide bonds. The molecule has 0 bridgehead atoms. The molecule has 13 heavy (non-hydrogen) atoms. The summed E-state index contributed by atoms with van der Waals surface area (Å²) >= 11 is 0. The van der Waals surface area contributed by atoms with E-state index in [0.29, 0.717) is 6.42 Å². The molecule has 0 aromatic heterocycles. The summed E-state index contributed by atoms with van der Waals surface area (Å²) in [7, 11) is 1.40. The van der Waals surface area contributed by atoms with Crippen LogP contribution in [0.25, 0.3) is 0 Å². The van der Waals surface area contributed by atoms with E-state index in [1.807, 2.05) is 0 Å². The van der Waals surface area contributed by atoms with Crippen LogP contribution in [0.5, 0.6) is 0 Å². The monoisotopic (exact) mass is 186 g/mol. The van der Waals surface area contributed by atoms with Crippen molar-refractivity contribution < 1.29 is 9.53 Å². The number of hydrogen-bond donors (Lipinski definition) is 2. The minimum absolute atomic E-state index is 0.204. The Morgan fingerprint density at radius 1 is 1.54 bits per heavy atom. The Morgan fingerprint density at radius 2 is 2.31 bits per heavy atom. The molecule has 0 aliphatic carbocycles. The van der Waals surface area contributed by atoms with Crippen molar-refractivity contribution >= 4 is 5.97 Å². The van der Waals surface area contributed by atoms with Crippen molar-refractivity contribution in [3.63, 3.8) is 0 Å². The second-order valence-electron chi connectivity index (χ2n) is 3.72. The Morgan fingerprint density at radius 3 is 3.00 bits per heavy atom. The minimum atomic E-state index is -0.351. The Hall–Kier alpha value is -0.610. The van der Waals surface area contributed by atoms with Gasteiger partial charge in [0.05, 0.1) is 13.5 Å². The number of carbonyl (C=O) groups excluding carboxylic acids is 1. The highest BCUT2D eigenvalue weighted by molar-refractivity contribution is 5.70. The zero-order valence-corrected chi connectivity index (χ0v) is 8.14. The van der Waals surface area contributed by atoms with Crippen LogP contribution < -0.4 is 11.1 Å². The topological polar surface area (TPSA) is 64.3 Å². The van der Waals surface area contributed by atoms with Crippen LogP contribution in [-0.2, 0) is 9.53 Å². The van der Waals surface area contributed by atoms with Gasteiger partial charge in [0.2, 0.25) is 0 Å². The van der Waals surface area contributed by atoms with E-state index in [0.717, 1.165) is 32.4 Å². The summed E-state index contributed by atoms with van der Waals surface area (Å²) in [6, 6.07) is 0. The third-order valence-corrected chi connectivity index (χ3v) is 2.55. The molecule has 1 atom stereocenters. The molecule has 1 fully saturated rings. The molecule has 3 N–H and O–H groups in total. The largest absolute Gasteiger partial charge is 0.469 e. The molecule has 0 spiro atoms. The first kappa shape index (κ1) is 10.5. The smallest absolute Gasteiger partial charge is 0.307 e. The highest BCUT2D eigenvalue weighted by atomic mass is 16.5. The van der Waals surface area contributed by atoms with Crippen molar-refractivity contribution in [1.82, 2.24) is 5.32 Å². The van der Waals surface area contributed by atoms with Crippen LogP contribution in [0.4, 0.5) is 0 Å². The molecule has 4 nitrogen and oxygen atoms in total. The van der Waals surface area contributed by atoms with Gasteiger partial charge in [-0.05, 0) is 32.4 Å². The Labute approximate surface area is 78.8 Å². The van der Waals surface area contributed by atoms with Crippen LogP contribution in [-0.4, -0.2) is 31.7 Å². The van der Waals surface area contributed by atoms with Crippen molar-refractivity contribution in [3.05, 3.63) is 0 Å². The second-order valence-corrected chi connectivity index (χ2v) is 3.72. The molecule has 1 saturated heterocycles. The van der Waals surface area contributed by atoms with Gasteiger partial charge in [-0.25, -0.2) is 0 Å². The molecular weight excluding hydrogens is 168 g/mol. The molecule has 4 heteroatoms. The summed E-state index contributed by atoms with van der Waals surface area (Å²) in [6.07, 6.45) is 3.12. The van der Waals surface area contributed by atoms with Crippen LogP contribution in [0.1, 0.15) is 25.7 Å². The van der Waals surface area contributed by atoms with Gasteiger partial charge >= 0.3 is 5.97 Å². The van der Waals surface area contributed by atoms with Crippen molar-refractivity contribution in [1.29, 1.82) is 0 Å². The maximum absolute atomic E-state index is 11.1. The predicted molar refractivity (Wildman–Crippen MR) is 50.3 cm³/mol. The Bertz CT molecular complexity index is 174. The van der Waals surface area contributed by atoms with E-state index in [4.69, 9.17) is 5.73 Å². The minimum Gasteiger partial charge on any atom is -0.469 e. The SMILES string of the molecule is COC(=O)CC1(N)CCCNCC1. The van der Waals surface area contributed by atoms with Gasteiger partial charge in [-0.2, -0.15) is 0 Å². The van der Waals surface area contributed by atoms with Crippen molar-refractivity contribution in [3.8, 4) is 0 Å². The van der Waals surface area contributed by atoms with Gasteiger partial charge in [0, 0.05) is 5.54 Å². The van der Waals surface area contributed by atoms with Gasteiger partial charge in [-0.3, -0.25) is 4.79 Å². The van der Waals surface area contributed by atoms with Gasteiger partial charge in [-0.1, -0.05) is 0 Å². The lowest BCUT2D eigenvalue weighted by molar-refractivity contribution is -0.142. The fourth-order valence-electron chi connectivity index (χ4n) is 1.69. The molecule has 1 aliphatic rings. The van der Waals surface area contributed by atoms with E-state index in [1.165, 1.54) is 7.11 Å². The Kier molecular flexibility index (Phi) is 3.69. The van der Waals surface area contributed by atoms with Crippen LogP contribution in [0.2, 0.25) is 0 Å². The number of nitrogens with two attached hydrogens (primary N) is 1. The standard InChI is InChI=1S/C9H18N2O2/c1-13-8(12)7-9(10)3-2-5-11-6-4-9/h11H,2-7,10H2,1H3. The molecule has 76 valence electrons. The fraction of sp³-hybridized carbons (Fsp3) is 0.889. The first-order chi connectivity index (χ1) is 6.16. The summed E-state index contributed by atoms with van der Waals surface area (Å²) in [5.41, 5.74) is 5.74. The van der Waals surface area contributed by atoms with E-state index < -0.39 is 0 Å². The molecule has 1 unspecified atom stereocenters. The van der Waals surface area contributed by atoms with Gasteiger partial charge in [0.15, 0.2) is 0 Å². The number of carbonyl (C=O) groups is 1. The zero-order valence-electron chi connectivity index (χ0n) is 8.14. The van der Waals surface area contributed by atoms with Crippen molar-refractivity contribution in [2.45, 2.75) is 31.2 Å². The maximum Gasteiger partial charge on any atom is 0.307 e. The van der Waals surface area contributed by atoms with Crippen molar-refractivity contribution in [2.24, 2.45) is 5.73 Å². The van der Waals surface area contributed by atoms with Crippen LogP contribution >= 0.6 is 0 Å². The molecular formula is C9H18N2O2. The number of rotatable bonds is 2. The van der Waals surface area contributed by atoms with Gasteiger partial charge in [-0.15, -0.1) is 0 Å². The summed E-state index contributed by atoms with van der Waals surface area (Å²) in [6.45, 7) is 1.90. The first-order valence-corrected chi connectivity index (χ1v) is 4.73. The summed E-state index contributed by atoms with van der Waals surface area (Å²) in [5, 5.41) is 3.26. The molecule has 1 rings (SSSR count). The van der Waals surface area contributed by atoms with E-state index in [9.17, 15) is 4.79 Å². The third kappa shape index (κ3) is 3.32. The molecule has 0 aromatic carbocycles. The third-order valence-electron chi connectivity index (χ3n) is 2.55. The molecule has 1 aliphatic heterocycles. The van der Waals surface area contributed by atoms with E-state index in [1.54, 1.807) is 0 Å². The summed E-state index contributed by atoms with van der Waals surface area (Å²) < 4.78 is 4.62. The van der Waals surface area contributed by atoms with E-state index in [-0.39, 0.29) is 11.5 Å². The lowest BCUT2D eigenvalue weighted by Gasteiger charge is -2.25. The maximum atomic E-state index is 11.1. The molecule has 0 saturated carbocycles. The van der Waals surface area contributed by atoms with Gasteiger partial charge < -0.3 is 15.8 Å². The quantitative estimate of drug-likeness (QED) is 0.597. The van der Waals surface area contributed by atoms with E-state index >= 15 is 0 Å². The number of nitrogens with one attached hydrogen (secondary N) is 1. The normalized spacial score (nSPS) is 29.4. The number of hydrogen-bond acceptors (Lipinski definition) is 4. The first-order valence-electron chi connectivity index (χ1n) is 4.73. The number of ether oxygens (including phenoxy) is 1. The van der Waals surface area contributed by atoms with Gasteiger partial charge in [0.1, 0.15) is 0 Å². The van der Waals surface area contributed by atoms with Crippen LogP contribution in [0.15, 0.2) is 0 Å². The molecule has 0 radical (unpaired) electrons. The lowest BCUT2D eigenvalue weighted by Crippen LogP contribution is -2.42. The fourth-order valence-corrected chi connectivity index (χ4v) is 1.69. The Balaban J connectivity index is 2.46. The van der Waals surface area contributed by atoms with Crippen LogP contribution in [0, 0.1) is 0 Å². The molecule has 0 aromatic rings. The average Bonchev–Trinajstić information content (AvgIpc) is 2.30. The summed E-state index contributed by atoms with van der Waals surface area (Å²) in [4.78, 5) is 11.1. The highest BCUT2D eigenvalue weighted by Crippen LogP contribution is 2.20. The average molecular weight is 186 g/mol. The number of methoxy groups -OCH3 is 1. The van der Waals surface area contributed by atoms with Crippen LogP contribution in [0.3, 0.4) is 0 Å². The van der Waals surface area contributed by atoms with E-state index in [2.05, 4.69) is 10.1 Å². The lowest BCUT2D eigenvalue weighted by atomic mass is 9.88. The second kappa shape index (κ2) is 4.58.